The lowest BCUT2D eigenvalue weighted by atomic mass is 9.87. The molecule has 0 spiro atoms. The van der Waals surface area contributed by atoms with Crippen LogP contribution >= 0.6 is 23.1 Å². The van der Waals surface area contributed by atoms with Crippen molar-refractivity contribution in [2.24, 2.45) is 0 Å². The van der Waals surface area contributed by atoms with E-state index in [1.54, 1.807) is 17.6 Å². The standard InChI is InChI=1S/C20H21N5OS2/c1-20(2,3)14-8-6-13(7-9-14)17-23-24-19(25(17)21)28-12-15-11-27-18(22-15)16-5-4-10-26-16/h4-11H,12,21H2,1-3H3. The van der Waals surface area contributed by atoms with E-state index in [4.69, 9.17) is 10.3 Å². The van der Waals surface area contributed by atoms with Crippen LogP contribution in [0.4, 0.5) is 0 Å². The first-order valence-corrected chi connectivity index (χ1v) is 10.7. The predicted octanol–water partition coefficient (Wildman–Crippen LogP) is 4.97. The predicted molar refractivity (Wildman–Crippen MR) is 114 cm³/mol. The third-order valence-corrected chi connectivity index (χ3v) is 6.19. The molecule has 8 heteroatoms. The highest BCUT2D eigenvalue weighted by atomic mass is 32.2. The fourth-order valence-electron chi connectivity index (χ4n) is 2.72. The van der Waals surface area contributed by atoms with E-state index in [1.165, 1.54) is 22.0 Å². The van der Waals surface area contributed by atoms with Crippen LogP contribution in [0.3, 0.4) is 0 Å². The van der Waals surface area contributed by atoms with Gasteiger partial charge in [0.1, 0.15) is 0 Å². The van der Waals surface area contributed by atoms with Gasteiger partial charge < -0.3 is 10.3 Å². The quantitative estimate of drug-likeness (QED) is 0.369. The van der Waals surface area contributed by atoms with Crippen molar-refractivity contribution >= 4 is 23.1 Å². The van der Waals surface area contributed by atoms with Crippen molar-refractivity contribution in [2.45, 2.75) is 37.1 Å². The lowest BCUT2D eigenvalue weighted by Crippen LogP contribution is -2.12. The fourth-order valence-corrected chi connectivity index (χ4v) is 4.36. The van der Waals surface area contributed by atoms with Gasteiger partial charge in [-0.2, -0.15) is 0 Å². The molecule has 0 aliphatic carbocycles. The Bertz CT molecular complexity index is 1060. The van der Waals surface area contributed by atoms with Crippen LogP contribution in [-0.4, -0.2) is 19.9 Å². The van der Waals surface area contributed by atoms with Gasteiger partial charge in [0.2, 0.25) is 5.16 Å². The maximum absolute atomic E-state index is 6.24. The molecule has 0 saturated heterocycles. The largest absolute Gasteiger partial charge is 0.462 e. The van der Waals surface area contributed by atoms with E-state index in [0.717, 1.165) is 22.0 Å². The van der Waals surface area contributed by atoms with Crippen molar-refractivity contribution < 1.29 is 4.42 Å². The molecule has 3 heterocycles. The van der Waals surface area contributed by atoms with Crippen LogP contribution in [0.5, 0.6) is 0 Å². The van der Waals surface area contributed by atoms with Gasteiger partial charge in [0.15, 0.2) is 16.6 Å². The molecule has 0 aliphatic heterocycles. The summed E-state index contributed by atoms with van der Waals surface area (Å²) in [4.78, 5) is 4.60. The lowest BCUT2D eigenvalue weighted by Gasteiger charge is -2.19. The molecule has 4 aromatic rings. The highest BCUT2D eigenvalue weighted by Crippen LogP contribution is 2.29. The highest BCUT2D eigenvalue weighted by Gasteiger charge is 2.16. The first-order valence-electron chi connectivity index (χ1n) is 8.84. The molecular weight excluding hydrogens is 390 g/mol. The Morgan fingerprint density at radius 1 is 1.14 bits per heavy atom. The van der Waals surface area contributed by atoms with E-state index in [1.807, 2.05) is 29.6 Å². The van der Waals surface area contributed by atoms with E-state index < -0.39 is 0 Å². The van der Waals surface area contributed by atoms with Gasteiger partial charge in [-0.3, -0.25) is 0 Å². The molecule has 0 atom stereocenters. The Labute approximate surface area is 171 Å². The summed E-state index contributed by atoms with van der Waals surface area (Å²) in [6.45, 7) is 6.58. The molecule has 3 aromatic heterocycles. The summed E-state index contributed by atoms with van der Waals surface area (Å²) in [5.74, 6) is 8.34. The van der Waals surface area contributed by atoms with Crippen LogP contribution in [0.1, 0.15) is 32.0 Å². The Kier molecular flexibility index (Phi) is 4.99. The molecule has 28 heavy (non-hydrogen) atoms. The Morgan fingerprint density at radius 2 is 1.93 bits per heavy atom. The molecule has 6 nitrogen and oxygen atoms in total. The number of nitrogens with zero attached hydrogens (tertiary/aromatic N) is 4. The van der Waals surface area contributed by atoms with Crippen molar-refractivity contribution in [1.29, 1.82) is 0 Å². The van der Waals surface area contributed by atoms with Crippen LogP contribution in [0.2, 0.25) is 0 Å². The average molecular weight is 412 g/mol. The van der Waals surface area contributed by atoms with Crippen LogP contribution < -0.4 is 5.84 Å². The van der Waals surface area contributed by atoms with Gasteiger partial charge in [0, 0.05) is 16.7 Å². The summed E-state index contributed by atoms with van der Waals surface area (Å²) in [5, 5.41) is 12.1. The third-order valence-electron chi connectivity index (χ3n) is 4.31. The van der Waals surface area contributed by atoms with Crippen molar-refractivity contribution in [3.63, 3.8) is 0 Å². The number of hydrogen-bond donors (Lipinski definition) is 1. The van der Waals surface area contributed by atoms with E-state index in [9.17, 15) is 0 Å². The smallest absolute Gasteiger partial charge is 0.210 e. The molecule has 0 fully saturated rings. The third kappa shape index (κ3) is 3.83. The first-order chi connectivity index (χ1) is 13.4. The van der Waals surface area contributed by atoms with Crippen LogP contribution in [0, 0.1) is 0 Å². The average Bonchev–Trinajstić information content (AvgIpc) is 3.40. The zero-order valence-corrected chi connectivity index (χ0v) is 17.5. The number of benzene rings is 1. The van der Waals surface area contributed by atoms with Crippen LogP contribution in [0.25, 0.3) is 22.2 Å². The normalized spacial score (nSPS) is 11.8. The molecule has 0 saturated carbocycles. The number of nitrogens with two attached hydrogens (primary N) is 1. The number of rotatable bonds is 5. The minimum Gasteiger partial charge on any atom is -0.462 e. The number of thiazole rings is 1. The molecule has 1 aromatic carbocycles. The summed E-state index contributed by atoms with van der Waals surface area (Å²) >= 11 is 3.07. The number of aromatic nitrogens is 4. The molecule has 0 radical (unpaired) electrons. The van der Waals surface area contributed by atoms with Crippen LogP contribution in [-0.2, 0) is 11.2 Å². The van der Waals surface area contributed by atoms with Gasteiger partial charge in [0.05, 0.1) is 12.0 Å². The number of furan rings is 1. The van der Waals surface area contributed by atoms with Crippen molar-refractivity contribution in [3.8, 4) is 22.2 Å². The summed E-state index contributed by atoms with van der Waals surface area (Å²) in [7, 11) is 0. The lowest BCUT2D eigenvalue weighted by molar-refractivity contribution is 0.581. The van der Waals surface area contributed by atoms with Crippen LogP contribution in [0.15, 0.2) is 57.6 Å². The molecule has 4 rings (SSSR count). The van der Waals surface area contributed by atoms with E-state index in [2.05, 4.69) is 48.1 Å². The van der Waals surface area contributed by atoms with Gasteiger partial charge in [-0.05, 0) is 23.1 Å². The number of thioether (sulfide) groups is 1. The van der Waals surface area contributed by atoms with Gasteiger partial charge in [0.25, 0.3) is 0 Å². The maximum Gasteiger partial charge on any atom is 0.210 e. The van der Waals surface area contributed by atoms with Crippen molar-refractivity contribution in [3.05, 3.63) is 59.3 Å². The highest BCUT2D eigenvalue weighted by molar-refractivity contribution is 7.98. The van der Waals surface area contributed by atoms with Gasteiger partial charge >= 0.3 is 0 Å². The summed E-state index contributed by atoms with van der Waals surface area (Å²) < 4.78 is 6.93. The van der Waals surface area contributed by atoms with Crippen molar-refractivity contribution in [1.82, 2.24) is 19.9 Å². The minimum absolute atomic E-state index is 0.109. The molecule has 0 amide bonds. The second kappa shape index (κ2) is 7.44. The van der Waals surface area contributed by atoms with E-state index in [0.29, 0.717) is 16.7 Å². The second-order valence-corrected chi connectivity index (χ2v) is 9.21. The van der Waals surface area contributed by atoms with Gasteiger partial charge in [-0.25, -0.2) is 9.66 Å². The second-order valence-electron chi connectivity index (χ2n) is 7.41. The number of nitrogen functional groups attached to an aromatic ring is 1. The maximum atomic E-state index is 6.24. The zero-order valence-electron chi connectivity index (χ0n) is 15.9. The molecule has 144 valence electrons. The van der Waals surface area contributed by atoms with E-state index >= 15 is 0 Å². The molecule has 0 unspecified atom stereocenters. The molecule has 0 bridgehead atoms. The SMILES string of the molecule is CC(C)(C)c1ccc(-c2nnc(SCc3csc(-c4ccco4)n3)n2N)cc1. The van der Waals surface area contributed by atoms with Crippen molar-refractivity contribution in [2.75, 3.05) is 5.84 Å². The zero-order chi connectivity index (χ0) is 19.7. The topological polar surface area (TPSA) is 82.8 Å². The molecule has 0 aliphatic rings. The minimum atomic E-state index is 0.109. The number of hydrogen-bond acceptors (Lipinski definition) is 7. The summed E-state index contributed by atoms with van der Waals surface area (Å²) in [6.07, 6.45) is 1.65. The van der Waals surface area contributed by atoms with Gasteiger partial charge in [-0.1, -0.05) is 56.8 Å². The Morgan fingerprint density at radius 3 is 2.61 bits per heavy atom. The first kappa shape index (κ1) is 18.8. The van der Waals surface area contributed by atoms with Gasteiger partial charge in [-0.15, -0.1) is 21.5 Å². The summed E-state index contributed by atoms with van der Waals surface area (Å²) in [6, 6.07) is 12.1. The van der Waals surface area contributed by atoms with E-state index in [-0.39, 0.29) is 5.41 Å². The Hall–Kier alpha value is -2.58. The molecule has 2 N–H and O–H groups in total. The summed E-state index contributed by atoms with van der Waals surface area (Å²) in [5.41, 5.74) is 3.28. The fraction of sp³-hybridized carbons (Fsp3) is 0.250. The Balaban J connectivity index is 1.47. The molecular formula is C20H21N5OS2. The monoisotopic (exact) mass is 411 g/mol.